The first kappa shape index (κ1) is 29.2. The monoisotopic (exact) mass is 582 g/mol. The number of nitrogens with zero attached hydrogens (tertiary/aromatic N) is 3. The van der Waals surface area contributed by atoms with Crippen molar-refractivity contribution in [3.05, 3.63) is 102 Å². The van der Waals surface area contributed by atoms with Crippen LogP contribution in [-0.2, 0) is 16.0 Å². The van der Waals surface area contributed by atoms with Gasteiger partial charge in [0.2, 0.25) is 11.9 Å². The van der Waals surface area contributed by atoms with Crippen LogP contribution in [0.2, 0.25) is 0 Å². The Morgan fingerprint density at radius 2 is 1.72 bits per heavy atom. The number of amides is 2. The number of hydrogen-bond acceptors (Lipinski definition) is 7. The van der Waals surface area contributed by atoms with Crippen molar-refractivity contribution in [2.24, 2.45) is 0 Å². The number of aromatic nitrogens is 3. The van der Waals surface area contributed by atoms with Gasteiger partial charge in [-0.2, -0.15) is 4.98 Å². The van der Waals surface area contributed by atoms with Crippen LogP contribution in [0.3, 0.4) is 0 Å². The fourth-order valence-corrected chi connectivity index (χ4v) is 4.38. The van der Waals surface area contributed by atoms with Gasteiger partial charge in [-0.25, -0.2) is 8.91 Å². The molecule has 0 unspecified atom stereocenters. The number of halogens is 1. The fraction of sp³-hybridized carbons (Fsp3) is 0.188. The summed E-state index contributed by atoms with van der Waals surface area (Å²) in [6.45, 7) is 3.36. The van der Waals surface area contributed by atoms with Crippen LogP contribution in [-0.4, -0.2) is 53.3 Å². The number of hydrogen-bond donors (Lipinski definition) is 3. The Morgan fingerprint density at radius 1 is 0.953 bits per heavy atom. The van der Waals surface area contributed by atoms with Gasteiger partial charge in [-0.3, -0.25) is 9.59 Å². The topological polar surface area (TPSA) is 119 Å². The fourth-order valence-electron chi connectivity index (χ4n) is 4.38. The number of benzene rings is 3. The molecule has 0 saturated carbocycles. The molecule has 2 aromatic heterocycles. The summed E-state index contributed by atoms with van der Waals surface area (Å²) in [5.74, 6) is 0.0997. The number of pyridine rings is 1. The standard InChI is InChI=1S/C32H31FN6O4/c1-3-43-17-16-34-31(41)23-8-14-27(28(19-23)42-2)36-32-37-29-15-9-24(20-39(29)38-32)22-6-12-26(13-7-22)35-30(40)18-21-4-10-25(33)11-5-21/h4-15,19-20H,3,16-18H2,1-2H3,(H,34,41)(H,35,40)(H,36,38). The lowest BCUT2D eigenvalue weighted by atomic mass is 10.1. The van der Waals surface area contributed by atoms with E-state index in [0.29, 0.717) is 54.0 Å². The molecular formula is C32H31FN6O4. The number of rotatable bonds is 12. The van der Waals surface area contributed by atoms with Gasteiger partial charge in [-0.05, 0) is 72.6 Å². The first-order valence-electron chi connectivity index (χ1n) is 13.7. The van der Waals surface area contributed by atoms with E-state index < -0.39 is 0 Å². The van der Waals surface area contributed by atoms with Crippen molar-refractivity contribution < 1.29 is 23.5 Å². The smallest absolute Gasteiger partial charge is 0.251 e. The maximum Gasteiger partial charge on any atom is 0.251 e. The van der Waals surface area contributed by atoms with E-state index in [9.17, 15) is 14.0 Å². The molecule has 43 heavy (non-hydrogen) atoms. The predicted octanol–water partition coefficient (Wildman–Crippen LogP) is 5.24. The minimum atomic E-state index is -0.335. The summed E-state index contributed by atoms with van der Waals surface area (Å²) in [4.78, 5) is 29.4. The van der Waals surface area contributed by atoms with Crippen molar-refractivity contribution >= 4 is 34.8 Å². The van der Waals surface area contributed by atoms with Crippen LogP contribution in [0, 0.1) is 5.82 Å². The van der Waals surface area contributed by atoms with Crippen molar-refractivity contribution in [1.29, 1.82) is 0 Å². The molecule has 0 radical (unpaired) electrons. The molecule has 5 aromatic rings. The van der Waals surface area contributed by atoms with Crippen LogP contribution < -0.4 is 20.7 Å². The number of carbonyl (C=O) groups excluding carboxylic acids is 2. The first-order valence-corrected chi connectivity index (χ1v) is 13.7. The second-order valence-electron chi connectivity index (χ2n) is 9.58. The quantitative estimate of drug-likeness (QED) is 0.172. The Kier molecular flexibility index (Phi) is 9.23. The molecule has 220 valence electrons. The highest BCUT2D eigenvalue weighted by atomic mass is 19.1. The van der Waals surface area contributed by atoms with Crippen molar-refractivity contribution in [3.63, 3.8) is 0 Å². The van der Waals surface area contributed by atoms with E-state index in [1.165, 1.54) is 19.2 Å². The number of anilines is 3. The zero-order valence-electron chi connectivity index (χ0n) is 23.8. The molecule has 0 saturated heterocycles. The molecule has 0 atom stereocenters. The normalized spacial score (nSPS) is 10.9. The molecule has 3 aromatic carbocycles. The molecule has 2 heterocycles. The summed E-state index contributed by atoms with van der Waals surface area (Å²) >= 11 is 0. The van der Waals surface area contributed by atoms with Gasteiger partial charge < -0.3 is 25.4 Å². The van der Waals surface area contributed by atoms with Gasteiger partial charge in [-0.1, -0.05) is 24.3 Å². The van der Waals surface area contributed by atoms with Gasteiger partial charge in [-0.15, -0.1) is 5.10 Å². The summed E-state index contributed by atoms with van der Waals surface area (Å²) < 4.78 is 25.5. The Hall–Kier alpha value is -5.29. The average Bonchev–Trinajstić information content (AvgIpc) is 3.42. The van der Waals surface area contributed by atoms with E-state index in [2.05, 4.69) is 26.0 Å². The lowest BCUT2D eigenvalue weighted by Crippen LogP contribution is -2.27. The number of carbonyl (C=O) groups is 2. The lowest BCUT2D eigenvalue weighted by Gasteiger charge is -2.11. The third kappa shape index (κ3) is 7.52. The Morgan fingerprint density at radius 3 is 2.47 bits per heavy atom. The molecule has 0 bridgehead atoms. The van der Waals surface area contributed by atoms with Gasteiger partial charge in [0.05, 0.1) is 25.8 Å². The number of fused-ring (bicyclic) bond motifs is 1. The minimum Gasteiger partial charge on any atom is -0.495 e. The SMILES string of the molecule is CCOCCNC(=O)c1ccc(Nc2nc3ccc(-c4ccc(NC(=O)Cc5ccc(F)cc5)cc4)cn3n2)c(OC)c1. The van der Waals surface area contributed by atoms with E-state index in [4.69, 9.17) is 9.47 Å². The molecule has 0 aliphatic carbocycles. The zero-order chi connectivity index (χ0) is 30.2. The lowest BCUT2D eigenvalue weighted by molar-refractivity contribution is -0.115. The predicted molar refractivity (Wildman–Crippen MR) is 162 cm³/mol. The summed E-state index contributed by atoms with van der Waals surface area (Å²) in [6, 6.07) is 22.2. The Bertz CT molecular complexity index is 1720. The van der Waals surface area contributed by atoms with Crippen LogP contribution in [0.4, 0.5) is 21.7 Å². The third-order valence-corrected chi connectivity index (χ3v) is 6.56. The molecule has 11 heteroatoms. The Balaban J connectivity index is 1.23. The molecule has 0 spiro atoms. The van der Waals surface area contributed by atoms with Gasteiger partial charge in [0.15, 0.2) is 5.65 Å². The third-order valence-electron chi connectivity index (χ3n) is 6.56. The van der Waals surface area contributed by atoms with Crippen molar-refractivity contribution in [2.45, 2.75) is 13.3 Å². The molecule has 5 rings (SSSR count). The van der Waals surface area contributed by atoms with Crippen molar-refractivity contribution in [1.82, 2.24) is 19.9 Å². The van der Waals surface area contributed by atoms with E-state index in [1.807, 2.05) is 49.5 Å². The van der Waals surface area contributed by atoms with Crippen LogP contribution in [0.25, 0.3) is 16.8 Å². The molecule has 10 nitrogen and oxygen atoms in total. The van der Waals surface area contributed by atoms with Crippen LogP contribution >= 0.6 is 0 Å². The van der Waals surface area contributed by atoms with E-state index in [0.717, 1.165) is 16.7 Å². The van der Waals surface area contributed by atoms with Gasteiger partial charge >= 0.3 is 0 Å². The molecule has 3 N–H and O–H groups in total. The molecule has 0 aliphatic rings. The average molecular weight is 583 g/mol. The Labute approximate surface area is 247 Å². The number of methoxy groups -OCH3 is 1. The molecule has 0 fully saturated rings. The van der Waals surface area contributed by atoms with Crippen molar-refractivity contribution in [3.8, 4) is 16.9 Å². The van der Waals surface area contributed by atoms with Crippen LogP contribution in [0.5, 0.6) is 5.75 Å². The van der Waals surface area contributed by atoms with Crippen molar-refractivity contribution in [2.75, 3.05) is 37.5 Å². The van der Waals surface area contributed by atoms with E-state index in [1.54, 1.807) is 34.8 Å². The van der Waals surface area contributed by atoms with Crippen LogP contribution in [0.1, 0.15) is 22.8 Å². The summed E-state index contributed by atoms with van der Waals surface area (Å²) in [7, 11) is 1.53. The summed E-state index contributed by atoms with van der Waals surface area (Å²) in [5, 5.41) is 13.4. The first-order chi connectivity index (χ1) is 20.9. The molecule has 0 aliphatic heterocycles. The maximum atomic E-state index is 13.1. The van der Waals surface area contributed by atoms with Gasteiger partial charge in [0.1, 0.15) is 11.6 Å². The van der Waals surface area contributed by atoms with Gasteiger partial charge in [0.25, 0.3) is 5.91 Å². The van der Waals surface area contributed by atoms with Crippen LogP contribution in [0.15, 0.2) is 85.1 Å². The van der Waals surface area contributed by atoms with E-state index >= 15 is 0 Å². The maximum absolute atomic E-state index is 13.1. The number of ether oxygens (including phenoxy) is 2. The number of nitrogens with one attached hydrogen (secondary N) is 3. The highest BCUT2D eigenvalue weighted by Gasteiger charge is 2.13. The minimum absolute atomic E-state index is 0.154. The second-order valence-corrected chi connectivity index (χ2v) is 9.58. The zero-order valence-corrected chi connectivity index (χ0v) is 23.8. The highest BCUT2D eigenvalue weighted by molar-refractivity contribution is 5.95. The second kappa shape index (κ2) is 13.6. The highest BCUT2D eigenvalue weighted by Crippen LogP contribution is 2.28. The molecular weight excluding hydrogens is 551 g/mol. The van der Waals surface area contributed by atoms with Gasteiger partial charge in [0, 0.05) is 36.2 Å². The summed E-state index contributed by atoms with van der Waals surface area (Å²) in [5.41, 5.74) is 4.95. The molecule has 2 amide bonds. The largest absolute Gasteiger partial charge is 0.495 e. The van der Waals surface area contributed by atoms with E-state index in [-0.39, 0.29) is 24.1 Å². The summed E-state index contributed by atoms with van der Waals surface area (Å²) in [6.07, 6.45) is 2.02.